The van der Waals surface area contributed by atoms with Crippen molar-refractivity contribution in [3.8, 4) is 11.4 Å². The fourth-order valence-corrected chi connectivity index (χ4v) is 5.20. The lowest BCUT2D eigenvalue weighted by Crippen LogP contribution is -2.55. The zero-order valence-corrected chi connectivity index (χ0v) is 19.8. The maximum absolute atomic E-state index is 13.1. The van der Waals surface area contributed by atoms with Gasteiger partial charge in [0.15, 0.2) is 0 Å². The number of hydrogen-bond acceptors (Lipinski definition) is 5. The highest BCUT2D eigenvalue weighted by molar-refractivity contribution is 6.33. The van der Waals surface area contributed by atoms with Gasteiger partial charge in [-0.2, -0.15) is 5.10 Å². The van der Waals surface area contributed by atoms with Crippen LogP contribution in [0.15, 0.2) is 16.9 Å². The molecule has 7 nitrogen and oxygen atoms in total. The van der Waals surface area contributed by atoms with Crippen LogP contribution in [-0.2, 0) is 6.54 Å². The smallest absolute Gasteiger partial charge is 0.256 e. The predicted octanol–water partition coefficient (Wildman–Crippen LogP) is 4.62. The molecule has 2 aliphatic rings. The number of rotatable bonds is 6. The molecule has 1 spiro atoms. The van der Waals surface area contributed by atoms with Crippen molar-refractivity contribution in [3.05, 3.63) is 23.0 Å². The monoisotopic (exact) mass is 447 g/mol. The largest absolute Gasteiger partial charge is 0.364 e. The third-order valence-electron chi connectivity index (χ3n) is 6.89. The summed E-state index contributed by atoms with van der Waals surface area (Å²) in [4.78, 5) is 15.7. The quantitative estimate of drug-likeness (QED) is 0.699. The van der Waals surface area contributed by atoms with Gasteiger partial charge in [-0.3, -0.25) is 9.48 Å². The third-order valence-corrected chi connectivity index (χ3v) is 7.27. The SMILES string of the molecule is CCn1nc(-c2ccon2)c(C(=O)NC2CC3(CCN(CCC(C)(C)C)CC3)C2)c1Cl. The first-order valence-electron chi connectivity index (χ1n) is 11.4. The van der Waals surface area contributed by atoms with Gasteiger partial charge in [0.25, 0.3) is 5.91 Å². The van der Waals surface area contributed by atoms with Crippen molar-refractivity contribution in [1.82, 2.24) is 25.2 Å². The van der Waals surface area contributed by atoms with E-state index in [-0.39, 0.29) is 11.9 Å². The number of nitrogens with one attached hydrogen (secondary N) is 1. The molecule has 2 aromatic rings. The van der Waals surface area contributed by atoms with Crippen LogP contribution in [0.25, 0.3) is 11.4 Å². The second kappa shape index (κ2) is 8.58. The highest BCUT2D eigenvalue weighted by atomic mass is 35.5. The van der Waals surface area contributed by atoms with Crippen LogP contribution in [0.4, 0.5) is 0 Å². The summed E-state index contributed by atoms with van der Waals surface area (Å²) >= 11 is 6.48. The fraction of sp³-hybridized carbons (Fsp3) is 0.696. The fourth-order valence-electron chi connectivity index (χ4n) is 4.86. The van der Waals surface area contributed by atoms with E-state index in [2.05, 4.69) is 41.2 Å². The molecule has 2 aromatic heterocycles. The van der Waals surface area contributed by atoms with E-state index in [1.54, 1.807) is 10.7 Å². The molecule has 1 aliphatic heterocycles. The highest BCUT2D eigenvalue weighted by Crippen LogP contribution is 2.49. The molecule has 1 saturated heterocycles. The Labute approximate surface area is 189 Å². The lowest BCUT2D eigenvalue weighted by molar-refractivity contribution is 0.00470. The topological polar surface area (TPSA) is 76.2 Å². The lowest BCUT2D eigenvalue weighted by atomic mass is 9.60. The van der Waals surface area contributed by atoms with Crippen molar-refractivity contribution >= 4 is 17.5 Å². The second-order valence-electron chi connectivity index (χ2n) is 10.4. The molecular weight excluding hydrogens is 414 g/mol. The molecule has 3 heterocycles. The Hall–Kier alpha value is -1.86. The molecule has 1 amide bonds. The minimum Gasteiger partial charge on any atom is -0.364 e. The molecular formula is C23H34ClN5O2. The first-order chi connectivity index (χ1) is 14.7. The van der Waals surface area contributed by atoms with Gasteiger partial charge in [0.2, 0.25) is 0 Å². The Kier molecular flexibility index (Phi) is 6.19. The van der Waals surface area contributed by atoms with Crippen LogP contribution in [0.1, 0.15) is 70.2 Å². The molecule has 0 aromatic carbocycles. The summed E-state index contributed by atoms with van der Waals surface area (Å²) in [6, 6.07) is 1.89. The van der Waals surface area contributed by atoms with Gasteiger partial charge in [-0.15, -0.1) is 0 Å². The van der Waals surface area contributed by atoms with Crippen LogP contribution in [0.2, 0.25) is 5.15 Å². The molecule has 4 rings (SSSR count). The summed E-state index contributed by atoms with van der Waals surface area (Å²) in [5, 5.41) is 11.9. The average molecular weight is 448 g/mol. The van der Waals surface area contributed by atoms with Crippen LogP contribution in [0.3, 0.4) is 0 Å². The van der Waals surface area contributed by atoms with Crippen molar-refractivity contribution in [2.75, 3.05) is 19.6 Å². The number of aryl methyl sites for hydroxylation is 1. The van der Waals surface area contributed by atoms with Crippen LogP contribution < -0.4 is 5.32 Å². The van der Waals surface area contributed by atoms with Crippen LogP contribution in [0.5, 0.6) is 0 Å². The summed E-state index contributed by atoms with van der Waals surface area (Å²) in [5.41, 5.74) is 2.16. The molecule has 1 aliphatic carbocycles. The van der Waals surface area contributed by atoms with Crippen molar-refractivity contribution in [1.29, 1.82) is 0 Å². The van der Waals surface area contributed by atoms with E-state index < -0.39 is 0 Å². The highest BCUT2D eigenvalue weighted by Gasteiger charge is 2.46. The molecule has 1 N–H and O–H groups in total. The number of nitrogens with zero attached hydrogens (tertiary/aromatic N) is 4. The third kappa shape index (κ3) is 4.82. The maximum atomic E-state index is 13.1. The molecule has 0 bridgehead atoms. The minimum absolute atomic E-state index is 0.176. The van der Waals surface area contributed by atoms with Crippen LogP contribution in [0, 0.1) is 10.8 Å². The van der Waals surface area contributed by atoms with Gasteiger partial charge in [-0.25, -0.2) is 0 Å². The molecule has 1 saturated carbocycles. The molecule has 31 heavy (non-hydrogen) atoms. The lowest BCUT2D eigenvalue weighted by Gasteiger charge is -2.52. The molecule has 0 unspecified atom stereocenters. The molecule has 0 atom stereocenters. The molecule has 0 radical (unpaired) electrons. The van der Waals surface area contributed by atoms with Crippen molar-refractivity contribution < 1.29 is 9.32 Å². The summed E-state index contributed by atoms with van der Waals surface area (Å²) in [7, 11) is 0. The second-order valence-corrected chi connectivity index (χ2v) is 10.8. The number of hydrogen-bond donors (Lipinski definition) is 1. The first kappa shape index (κ1) is 22.3. The normalized spacial score (nSPS) is 19.5. The van der Waals surface area contributed by atoms with Gasteiger partial charge in [0.1, 0.15) is 28.4 Å². The Morgan fingerprint density at radius 2 is 2.03 bits per heavy atom. The zero-order valence-electron chi connectivity index (χ0n) is 19.1. The molecule has 2 fully saturated rings. The van der Waals surface area contributed by atoms with Crippen molar-refractivity contribution in [3.63, 3.8) is 0 Å². The predicted molar refractivity (Wildman–Crippen MR) is 121 cm³/mol. The van der Waals surface area contributed by atoms with E-state index in [9.17, 15) is 4.79 Å². The summed E-state index contributed by atoms with van der Waals surface area (Å²) in [6.07, 6.45) is 7.25. The van der Waals surface area contributed by atoms with Gasteiger partial charge in [0.05, 0.1) is 0 Å². The van der Waals surface area contributed by atoms with Crippen molar-refractivity contribution in [2.24, 2.45) is 10.8 Å². The van der Waals surface area contributed by atoms with Gasteiger partial charge in [-0.05, 0) is 69.5 Å². The van der Waals surface area contributed by atoms with E-state index in [1.807, 2.05) is 6.92 Å². The maximum Gasteiger partial charge on any atom is 0.256 e. The van der Waals surface area contributed by atoms with Gasteiger partial charge in [-0.1, -0.05) is 37.5 Å². The van der Waals surface area contributed by atoms with E-state index in [4.69, 9.17) is 16.1 Å². The van der Waals surface area contributed by atoms with Gasteiger partial charge < -0.3 is 14.7 Å². The number of carbonyl (C=O) groups is 1. The number of amides is 1. The number of carbonyl (C=O) groups excluding carboxylic acids is 1. The molecule has 170 valence electrons. The van der Waals surface area contributed by atoms with E-state index in [1.165, 1.54) is 45.2 Å². The standard InChI is InChI=1S/C23H34ClN5O2/c1-5-29-20(24)18(19(26-29)17-6-13-31-27-17)21(30)25-16-14-23(15-16)8-11-28(12-9-23)10-7-22(2,3)4/h6,13,16H,5,7-12,14-15H2,1-4H3,(H,25,30). The number of piperidine rings is 1. The average Bonchev–Trinajstić information content (AvgIpc) is 3.33. The van der Waals surface area contributed by atoms with E-state index >= 15 is 0 Å². The molecule has 8 heteroatoms. The summed E-state index contributed by atoms with van der Waals surface area (Å²) in [5.74, 6) is -0.176. The summed E-state index contributed by atoms with van der Waals surface area (Å²) < 4.78 is 6.56. The number of likely N-dealkylation sites (tertiary alicyclic amines) is 1. The Morgan fingerprint density at radius 1 is 1.32 bits per heavy atom. The summed E-state index contributed by atoms with van der Waals surface area (Å²) in [6.45, 7) is 13.0. The van der Waals surface area contributed by atoms with Gasteiger partial charge >= 0.3 is 0 Å². The van der Waals surface area contributed by atoms with E-state index in [0.29, 0.717) is 39.5 Å². The van der Waals surface area contributed by atoms with Crippen LogP contribution >= 0.6 is 11.6 Å². The first-order valence-corrected chi connectivity index (χ1v) is 11.8. The zero-order chi connectivity index (χ0) is 22.2. The number of halogens is 1. The Bertz CT molecular complexity index is 899. The Morgan fingerprint density at radius 3 is 2.61 bits per heavy atom. The van der Waals surface area contributed by atoms with E-state index in [0.717, 1.165) is 12.8 Å². The van der Waals surface area contributed by atoms with Crippen molar-refractivity contribution in [2.45, 2.75) is 72.4 Å². The van der Waals surface area contributed by atoms with Crippen LogP contribution in [-0.4, -0.2) is 51.4 Å². The number of aromatic nitrogens is 3. The Balaban J connectivity index is 1.34. The minimum atomic E-state index is -0.176. The van der Waals surface area contributed by atoms with Gasteiger partial charge in [0, 0.05) is 18.7 Å².